The van der Waals surface area contributed by atoms with E-state index in [4.69, 9.17) is 9.47 Å². The summed E-state index contributed by atoms with van der Waals surface area (Å²) < 4.78 is 12.2. The second-order valence-electron chi connectivity index (χ2n) is 7.10. The van der Waals surface area contributed by atoms with Gasteiger partial charge in [-0.3, -0.25) is 4.98 Å². The van der Waals surface area contributed by atoms with Crippen LogP contribution >= 0.6 is 0 Å². The standard InChI is InChI=1S/C26H22N2O4/c1-31-25(29)21-22(26(30)32-2)24(20-13-15-27-16-14-20)28(17-18-9-5-3-6-10-18)23(21)19-11-7-4-8-12-19/h3-16H,17H2,1-2H3. The molecule has 6 heteroatoms. The Bertz CT molecular complexity index is 1160. The molecule has 0 aliphatic rings. The fourth-order valence-electron chi connectivity index (χ4n) is 3.85. The van der Waals surface area contributed by atoms with Crippen LogP contribution in [0.1, 0.15) is 26.3 Å². The molecule has 0 saturated carbocycles. The van der Waals surface area contributed by atoms with Gasteiger partial charge in [0.1, 0.15) is 11.1 Å². The monoisotopic (exact) mass is 426 g/mol. The highest BCUT2D eigenvalue weighted by Crippen LogP contribution is 2.39. The first kappa shape index (κ1) is 21.1. The Labute approximate surface area is 186 Å². The number of carbonyl (C=O) groups is 2. The van der Waals surface area contributed by atoms with E-state index in [1.807, 2.05) is 65.2 Å². The number of hydrogen-bond acceptors (Lipinski definition) is 5. The molecular weight excluding hydrogens is 404 g/mol. The van der Waals surface area contributed by atoms with Crippen molar-refractivity contribution in [2.45, 2.75) is 6.54 Å². The lowest BCUT2D eigenvalue weighted by molar-refractivity contribution is 0.0558. The Morgan fingerprint density at radius 1 is 0.719 bits per heavy atom. The second-order valence-corrected chi connectivity index (χ2v) is 7.10. The number of pyridine rings is 1. The zero-order valence-electron chi connectivity index (χ0n) is 17.8. The topological polar surface area (TPSA) is 70.4 Å². The summed E-state index contributed by atoms with van der Waals surface area (Å²) in [5, 5.41) is 0. The molecule has 4 aromatic rings. The number of rotatable bonds is 6. The molecule has 4 rings (SSSR count). The van der Waals surface area contributed by atoms with E-state index >= 15 is 0 Å². The molecule has 0 bridgehead atoms. The van der Waals surface area contributed by atoms with E-state index in [0.29, 0.717) is 17.9 Å². The molecule has 2 aromatic heterocycles. The van der Waals surface area contributed by atoms with Crippen LogP contribution in [0.15, 0.2) is 85.2 Å². The average Bonchev–Trinajstić information content (AvgIpc) is 3.19. The zero-order valence-corrected chi connectivity index (χ0v) is 17.8. The van der Waals surface area contributed by atoms with E-state index in [1.165, 1.54) is 14.2 Å². The third-order valence-corrected chi connectivity index (χ3v) is 5.23. The van der Waals surface area contributed by atoms with Crippen molar-refractivity contribution in [3.63, 3.8) is 0 Å². The summed E-state index contributed by atoms with van der Waals surface area (Å²) in [5.41, 5.74) is 4.05. The normalized spacial score (nSPS) is 10.6. The third kappa shape index (κ3) is 3.90. The minimum Gasteiger partial charge on any atom is -0.465 e. The summed E-state index contributed by atoms with van der Waals surface area (Å²) in [6.45, 7) is 0.434. The molecule has 0 spiro atoms. The molecule has 0 fully saturated rings. The van der Waals surface area contributed by atoms with Crippen LogP contribution in [0.5, 0.6) is 0 Å². The third-order valence-electron chi connectivity index (χ3n) is 5.23. The molecule has 0 amide bonds. The summed E-state index contributed by atoms with van der Waals surface area (Å²) in [7, 11) is 2.61. The predicted octanol–water partition coefficient (Wildman–Crippen LogP) is 4.84. The van der Waals surface area contributed by atoms with Crippen LogP contribution in [-0.4, -0.2) is 35.7 Å². The van der Waals surface area contributed by atoms with Crippen LogP contribution in [0.2, 0.25) is 0 Å². The van der Waals surface area contributed by atoms with Gasteiger partial charge in [0.05, 0.1) is 25.6 Å². The Morgan fingerprint density at radius 2 is 1.19 bits per heavy atom. The van der Waals surface area contributed by atoms with Gasteiger partial charge in [0.15, 0.2) is 0 Å². The summed E-state index contributed by atoms with van der Waals surface area (Å²) >= 11 is 0. The maximum Gasteiger partial charge on any atom is 0.340 e. The lowest BCUT2D eigenvalue weighted by Crippen LogP contribution is -2.11. The number of ether oxygens (including phenoxy) is 2. The Hall–Kier alpha value is -4.19. The molecule has 2 aromatic carbocycles. The quantitative estimate of drug-likeness (QED) is 0.413. The SMILES string of the molecule is COC(=O)c1c(C(=O)OC)c(-c2ccncc2)n(Cc2ccccc2)c1-c1ccccc1. The zero-order chi connectivity index (χ0) is 22.5. The van der Waals surface area contributed by atoms with Gasteiger partial charge in [0, 0.05) is 24.5 Å². The van der Waals surface area contributed by atoms with Crippen molar-refractivity contribution in [2.24, 2.45) is 0 Å². The summed E-state index contributed by atoms with van der Waals surface area (Å²) in [5.74, 6) is -1.22. The summed E-state index contributed by atoms with van der Waals surface area (Å²) in [4.78, 5) is 30.2. The molecule has 0 radical (unpaired) electrons. The highest BCUT2D eigenvalue weighted by Gasteiger charge is 2.33. The molecule has 0 aliphatic carbocycles. The molecule has 2 heterocycles. The smallest absolute Gasteiger partial charge is 0.340 e. The molecule has 0 unspecified atom stereocenters. The minimum atomic E-state index is -0.610. The molecule has 160 valence electrons. The largest absolute Gasteiger partial charge is 0.465 e. The highest BCUT2D eigenvalue weighted by molar-refractivity contribution is 6.12. The van der Waals surface area contributed by atoms with E-state index in [2.05, 4.69) is 4.98 Å². The first-order chi connectivity index (χ1) is 15.7. The number of methoxy groups -OCH3 is 2. The second kappa shape index (κ2) is 9.31. The van der Waals surface area contributed by atoms with Crippen LogP contribution in [0.25, 0.3) is 22.5 Å². The van der Waals surface area contributed by atoms with Crippen LogP contribution in [0.3, 0.4) is 0 Å². The van der Waals surface area contributed by atoms with Crippen molar-refractivity contribution in [1.82, 2.24) is 9.55 Å². The van der Waals surface area contributed by atoms with Crippen LogP contribution < -0.4 is 0 Å². The lowest BCUT2D eigenvalue weighted by atomic mass is 10.0. The van der Waals surface area contributed by atoms with Gasteiger partial charge in [0.2, 0.25) is 0 Å². The van der Waals surface area contributed by atoms with E-state index in [1.54, 1.807) is 24.5 Å². The number of esters is 2. The van der Waals surface area contributed by atoms with Crippen LogP contribution in [0.4, 0.5) is 0 Å². The Kier molecular flexibility index (Phi) is 6.12. The van der Waals surface area contributed by atoms with E-state index in [9.17, 15) is 9.59 Å². The number of nitrogens with zero attached hydrogens (tertiary/aromatic N) is 2. The van der Waals surface area contributed by atoms with Gasteiger partial charge in [0.25, 0.3) is 0 Å². The molecular formula is C26H22N2O4. The van der Waals surface area contributed by atoms with Crippen molar-refractivity contribution < 1.29 is 19.1 Å². The highest BCUT2D eigenvalue weighted by atomic mass is 16.5. The Morgan fingerprint density at radius 3 is 1.69 bits per heavy atom. The van der Waals surface area contributed by atoms with Gasteiger partial charge in [-0.15, -0.1) is 0 Å². The molecule has 0 saturated heterocycles. The van der Waals surface area contributed by atoms with Gasteiger partial charge in [-0.25, -0.2) is 9.59 Å². The number of benzene rings is 2. The number of hydrogen-bond donors (Lipinski definition) is 0. The molecule has 6 nitrogen and oxygen atoms in total. The van der Waals surface area contributed by atoms with Crippen molar-refractivity contribution in [3.8, 4) is 22.5 Å². The number of aromatic nitrogens is 2. The van der Waals surface area contributed by atoms with Crippen LogP contribution in [-0.2, 0) is 16.0 Å². The fourth-order valence-corrected chi connectivity index (χ4v) is 3.85. The molecule has 0 atom stereocenters. The van der Waals surface area contributed by atoms with Crippen molar-refractivity contribution >= 4 is 11.9 Å². The number of carbonyl (C=O) groups excluding carboxylic acids is 2. The predicted molar refractivity (Wildman–Crippen MR) is 121 cm³/mol. The molecule has 32 heavy (non-hydrogen) atoms. The van der Waals surface area contributed by atoms with Crippen LogP contribution in [0, 0.1) is 0 Å². The van der Waals surface area contributed by atoms with Gasteiger partial charge in [-0.05, 0) is 23.3 Å². The van der Waals surface area contributed by atoms with E-state index < -0.39 is 11.9 Å². The molecule has 0 aliphatic heterocycles. The van der Waals surface area contributed by atoms with Crippen molar-refractivity contribution in [1.29, 1.82) is 0 Å². The maximum atomic E-state index is 13.0. The molecule has 0 N–H and O–H groups in total. The summed E-state index contributed by atoms with van der Waals surface area (Å²) in [6.07, 6.45) is 3.30. The van der Waals surface area contributed by atoms with Gasteiger partial charge in [-0.2, -0.15) is 0 Å². The first-order valence-electron chi connectivity index (χ1n) is 10.1. The summed E-state index contributed by atoms with van der Waals surface area (Å²) in [6, 6.07) is 22.9. The van der Waals surface area contributed by atoms with Gasteiger partial charge in [-0.1, -0.05) is 60.7 Å². The van der Waals surface area contributed by atoms with E-state index in [-0.39, 0.29) is 11.1 Å². The first-order valence-corrected chi connectivity index (χ1v) is 10.1. The average molecular weight is 426 g/mol. The maximum absolute atomic E-state index is 13.0. The van der Waals surface area contributed by atoms with Gasteiger partial charge < -0.3 is 14.0 Å². The Balaban J connectivity index is 2.14. The van der Waals surface area contributed by atoms with Gasteiger partial charge >= 0.3 is 11.9 Å². The minimum absolute atomic E-state index is 0.167. The fraction of sp³-hybridized carbons (Fsp3) is 0.115. The van der Waals surface area contributed by atoms with Crippen molar-refractivity contribution in [2.75, 3.05) is 14.2 Å². The van der Waals surface area contributed by atoms with Crippen molar-refractivity contribution in [3.05, 3.63) is 102 Å². The lowest BCUT2D eigenvalue weighted by Gasteiger charge is -2.15. The van der Waals surface area contributed by atoms with E-state index in [0.717, 1.165) is 16.7 Å².